The molecule has 1 saturated heterocycles. The zero-order valence-corrected chi connectivity index (χ0v) is 9.38. The van der Waals surface area contributed by atoms with Crippen molar-refractivity contribution in [2.24, 2.45) is 5.92 Å². The summed E-state index contributed by atoms with van der Waals surface area (Å²) >= 11 is 6.19. The molecule has 1 rings (SSSR count). The van der Waals surface area contributed by atoms with Gasteiger partial charge in [-0.2, -0.15) is 5.26 Å². The van der Waals surface area contributed by atoms with E-state index in [4.69, 9.17) is 26.3 Å². The van der Waals surface area contributed by atoms with Gasteiger partial charge < -0.3 is 9.47 Å². The van der Waals surface area contributed by atoms with Crippen LogP contribution < -0.4 is 0 Å². The van der Waals surface area contributed by atoms with E-state index in [-0.39, 0.29) is 17.1 Å². The van der Waals surface area contributed by atoms with Crippen LogP contribution in [0.15, 0.2) is 0 Å². The normalized spacial score (nSPS) is 20.7. The van der Waals surface area contributed by atoms with Gasteiger partial charge in [0.15, 0.2) is 6.29 Å². The van der Waals surface area contributed by atoms with Crippen LogP contribution in [0.2, 0.25) is 0 Å². The summed E-state index contributed by atoms with van der Waals surface area (Å²) in [7, 11) is 0. The maximum absolute atomic E-state index is 8.68. The fourth-order valence-corrected chi connectivity index (χ4v) is 1.66. The summed E-state index contributed by atoms with van der Waals surface area (Å²) in [6, 6.07) is 2.15. The molecule has 3 nitrogen and oxygen atoms in total. The van der Waals surface area contributed by atoms with Crippen molar-refractivity contribution in [2.75, 3.05) is 13.2 Å². The number of hydrogen-bond acceptors (Lipinski definition) is 3. The third kappa shape index (κ3) is 3.45. The largest absolute Gasteiger partial charge is 0.350 e. The number of hydrogen-bond donors (Lipinski definition) is 0. The van der Waals surface area contributed by atoms with Crippen LogP contribution in [-0.4, -0.2) is 24.4 Å². The molecular weight excluding hydrogens is 202 g/mol. The molecule has 0 unspecified atom stereocenters. The second kappa shape index (κ2) is 4.97. The van der Waals surface area contributed by atoms with Gasteiger partial charge in [0.05, 0.1) is 19.3 Å². The van der Waals surface area contributed by atoms with Crippen LogP contribution in [0.25, 0.3) is 0 Å². The maximum atomic E-state index is 8.68. The van der Waals surface area contributed by atoms with Gasteiger partial charge in [-0.3, -0.25) is 0 Å². The highest BCUT2D eigenvalue weighted by atomic mass is 35.5. The van der Waals surface area contributed by atoms with E-state index in [2.05, 4.69) is 6.07 Å². The van der Waals surface area contributed by atoms with Crippen molar-refractivity contribution < 1.29 is 9.47 Å². The van der Waals surface area contributed by atoms with Crippen LogP contribution in [0.1, 0.15) is 26.7 Å². The Bertz CT molecular complexity index is 213. The monoisotopic (exact) mass is 217 g/mol. The number of ether oxygens (including phenoxy) is 2. The van der Waals surface area contributed by atoms with Crippen molar-refractivity contribution in [3.05, 3.63) is 0 Å². The molecule has 0 aromatic rings. The Morgan fingerprint density at radius 1 is 1.50 bits per heavy atom. The molecule has 1 aliphatic rings. The van der Waals surface area contributed by atoms with Crippen molar-refractivity contribution in [2.45, 2.75) is 37.9 Å². The van der Waals surface area contributed by atoms with Gasteiger partial charge in [0, 0.05) is 17.7 Å². The van der Waals surface area contributed by atoms with E-state index in [9.17, 15) is 0 Å². The van der Waals surface area contributed by atoms with Gasteiger partial charge in [-0.25, -0.2) is 0 Å². The smallest absolute Gasteiger partial charge is 0.158 e. The molecule has 14 heavy (non-hydrogen) atoms. The van der Waals surface area contributed by atoms with Gasteiger partial charge in [0.2, 0.25) is 0 Å². The quantitative estimate of drug-likeness (QED) is 0.679. The Morgan fingerprint density at radius 3 is 2.50 bits per heavy atom. The lowest BCUT2D eigenvalue weighted by molar-refractivity contribution is -0.0591. The summed E-state index contributed by atoms with van der Waals surface area (Å²) < 4.78 is 10.7. The number of nitriles is 1. The minimum absolute atomic E-state index is 0.109. The minimum Gasteiger partial charge on any atom is -0.350 e. The highest BCUT2D eigenvalue weighted by Gasteiger charge is 2.31. The molecular formula is C10H16ClNO2. The molecule has 0 N–H and O–H groups in total. The first-order chi connectivity index (χ1) is 6.54. The molecule has 0 amide bonds. The van der Waals surface area contributed by atoms with E-state index in [0.29, 0.717) is 26.1 Å². The highest BCUT2D eigenvalue weighted by molar-refractivity contribution is 6.23. The second-order valence-corrected chi connectivity index (χ2v) is 5.00. The van der Waals surface area contributed by atoms with E-state index >= 15 is 0 Å². The summed E-state index contributed by atoms with van der Waals surface area (Å²) in [4.78, 5) is -0.384. The van der Waals surface area contributed by atoms with Crippen molar-refractivity contribution in [3.63, 3.8) is 0 Å². The molecule has 0 radical (unpaired) electrons. The predicted molar refractivity (Wildman–Crippen MR) is 54.0 cm³/mol. The highest BCUT2D eigenvalue weighted by Crippen LogP contribution is 2.32. The van der Waals surface area contributed by atoms with E-state index in [0.717, 1.165) is 0 Å². The molecule has 0 aromatic carbocycles. The van der Waals surface area contributed by atoms with Crippen LogP contribution in [0.4, 0.5) is 0 Å². The first-order valence-electron chi connectivity index (χ1n) is 4.83. The summed E-state index contributed by atoms with van der Waals surface area (Å²) in [6.07, 6.45) is 0.968. The molecule has 0 aliphatic carbocycles. The molecule has 80 valence electrons. The Balaban J connectivity index is 2.47. The van der Waals surface area contributed by atoms with Crippen LogP contribution in [0.5, 0.6) is 0 Å². The van der Waals surface area contributed by atoms with Crippen molar-refractivity contribution in [1.29, 1.82) is 5.26 Å². The van der Waals surface area contributed by atoms with Crippen LogP contribution >= 0.6 is 11.6 Å². The average molecular weight is 218 g/mol. The lowest BCUT2D eigenvalue weighted by atomic mass is 9.89. The van der Waals surface area contributed by atoms with Gasteiger partial charge in [0.1, 0.15) is 0 Å². The summed E-state index contributed by atoms with van der Waals surface area (Å²) in [6.45, 7) is 5.14. The van der Waals surface area contributed by atoms with Crippen LogP contribution in [0.3, 0.4) is 0 Å². The molecule has 0 bridgehead atoms. The Kier molecular flexibility index (Phi) is 4.18. The van der Waals surface area contributed by atoms with E-state index in [1.165, 1.54) is 0 Å². The van der Waals surface area contributed by atoms with Gasteiger partial charge >= 0.3 is 0 Å². The molecule has 1 heterocycles. The van der Waals surface area contributed by atoms with Crippen molar-refractivity contribution >= 4 is 11.6 Å². The number of nitrogens with zero attached hydrogens (tertiary/aromatic N) is 1. The first kappa shape index (κ1) is 11.8. The van der Waals surface area contributed by atoms with E-state index < -0.39 is 0 Å². The fraction of sp³-hybridized carbons (Fsp3) is 0.900. The van der Waals surface area contributed by atoms with E-state index in [1.54, 1.807) is 0 Å². The molecule has 0 spiro atoms. The summed E-state index contributed by atoms with van der Waals surface area (Å²) in [5, 5.41) is 8.68. The Hall–Kier alpha value is -0.300. The third-order valence-corrected chi connectivity index (χ3v) is 2.78. The van der Waals surface area contributed by atoms with Crippen molar-refractivity contribution in [1.82, 2.24) is 0 Å². The Morgan fingerprint density at radius 2 is 2.07 bits per heavy atom. The zero-order chi connectivity index (χ0) is 10.6. The van der Waals surface area contributed by atoms with Gasteiger partial charge in [-0.1, -0.05) is 0 Å². The Labute approximate surface area is 89.9 Å². The topological polar surface area (TPSA) is 42.2 Å². The van der Waals surface area contributed by atoms with Gasteiger partial charge in [0.25, 0.3) is 0 Å². The second-order valence-electron chi connectivity index (χ2n) is 4.03. The standard InChI is InChI=1S/C10H16ClNO2/c1-10(2,11)8(3-4-12)7-9-13-5-6-14-9/h8-9H,3,5-7H2,1-2H3/t8-/m1/s1. The number of halogens is 1. The van der Waals surface area contributed by atoms with E-state index in [1.807, 2.05) is 13.8 Å². The molecule has 0 saturated carbocycles. The predicted octanol–water partition coefficient (Wildman–Crippen LogP) is 2.30. The summed E-state index contributed by atoms with van der Waals surface area (Å²) in [5.74, 6) is 0.109. The van der Waals surface area contributed by atoms with Crippen LogP contribution in [-0.2, 0) is 9.47 Å². The maximum Gasteiger partial charge on any atom is 0.158 e. The number of alkyl halides is 1. The molecule has 1 atom stereocenters. The first-order valence-corrected chi connectivity index (χ1v) is 5.21. The van der Waals surface area contributed by atoms with Crippen molar-refractivity contribution in [3.8, 4) is 6.07 Å². The fourth-order valence-electron chi connectivity index (χ4n) is 1.49. The summed E-state index contributed by atoms with van der Waals surface area (Å²) in [5.41, 5.74) is 0. The average Bonchev–Trinajstić information content (AvgIpc) is 2.54. The lowest BCUT2D eigenvalue weighted by Gasteiger charge is -2.27. The van der Waals surface area contributed by atoms with Crippen LogP contribution in [0, 0.1) is 17.2 Å². The zero-order valence-electron chi connectivity index (χ0n) is 8.62. The molecule has 0 aromatic heterocycles. The molecule has 4 heteroatoms. The van der Waals surface area contributed by atoms with Gasteiger partial charge in [-0.05, 0) is 19.8 Å². The number of rotatable bonds is 4. The third-order valence-electron chi connectivity index (χ3n) is 2.48. The molecule has 1 aliphatic heterocycles. The van der Waals surface area contributed by atoms with Gasteiger partial charge in [-0.15, -0.1) is 11.6 Å². The lowest BCUT2D eigenvalue weighted by Crippen LogP contribution is -2.28. The molecule has 1 fully saturated rings. The minimum atomic E-state index is -0.384. The SMILES string of the molecule is CC(C)(Cl)[C@H](CC#N)CC1OCCO1.